The van der Waals surface area contributed by atoms with Gasteiger partial charge in [-0.3, -0.25) is 0 Å². The van der Waals surface area contributed by atoms with Crippen LogP contribution in [0.2, 0.25) is 0 Å². The highest BCUT2D eigenvalue weighted by molar-refractivity contribution is 4.81. The Morgan fingerprint density at radius 3 is 2.53 bits per heavy atom. The minimum Gasteiger partial charge on any atom is -0.314 e. The van der Waals surface area contributed by atoms with Crippen molar-refractivity contribution < 1.29 is 13.2 Å². The third-order valence-corrected chi connectivity index (χ3v) is 4.14. The molecule has 114 valence electrons. The quantitative estimate of drug-likeness (QED) is 0.750. The molecule has 1 aliphatic carbocycles. The molecule has 0 amide bonds. The van der Waals surface area contributed by atoms with Crippen molar-refractivity contribution in [1.82, 2.24) is 10.2 Å². The first kappa shape index (κ1) is 16.8. The summed E-state index contributed by atoms with van der Waals surface area (Å²) < 4.78 is 38.0. The van der Waals surface area contributed by atoms with Gasteiger partial charge in [-0.25, -0.2) is 0 Å². The molecule has 0 aliphatic heterocycles. The average Bonchev–Trinajstić information content (AvgIpc) is 2.33. The molecule has 1 saturated carbocycles. The second-order valence-electron chi connectivity index (χ2n) is 5.98. The second kappa shape index (κ2) is 7.48. The summed E-state index contributed by atoms with van der Waals surface area (Å²) in [7, 11) is 2.07. The van der Waals surface area contributed by atoms with E-state index in [9.17, 15) is 13.2 Å². The Labute approximate surface area is 114 Å². The smallest absolute Gasteiger partial charge is 0.314 e. The molecule has 1 N–H and O–H groups in total. The summed E-state index contributed by atoms with van der Waals surface area (Å²) in [6.45, 7) is 6.08. The van der Waals surface area contributed by atoms with Crippen LogP contribution >= 0.6 is 0 Å². The van der Waals surface area contributed by atoms with Gasteiger partial charge in [0.15, 0.2) is 0 Å². The Hall–Kier alpha value is -0.290. The van der Waals surface area contributed by atoms with Gasteiger partial charge >= 0.3 is 6.18 Å². The van der Waals surface area contributed by atoms with Gasteiger partial charge in [-0.1, -0.05) is 6.42 Å². The van der Waals surface area contributed by atoms with Crippen LogP contribution in [0.3, 0.4) is 0 Å². The highest BCUT2D eigenvalue weighted by atomic mass is 19.4. The van der Waals surface area contributed by atoms with Gasteiger partial charge in [-0.2, -0.15) is 13.2 Å². The molecule has 0 aromatic heterocycles. The van der Waals surface area contributed by atoms with E-state index in [-0.39, 0.29) is 12.5 Å². The Kier molecular flexibility index (Phi) is 6.60. The first-order chi connectivity index (χ1) is 8.80. The van der Waals surface area contributed by atoms with Gasteiger partial charge in [-0.15, -0.1) is 0 Å². The lowest BCUT2D eigenvalue weighted by molar-refractivity contribution is -0.183. The normalized spacial score (nSPS) is 25.3. The third kappa shape index (κ3) is 6.13. The molecule has 0 spiro atoms. The SMILES string of the molecule is CC(C)N(C)CCCNC1CCCC(C(F)(F)F)C1. The van der Waals surface area contributed by atoms with Crippen LogP contribution in [0, 0.1) is 5.92 Å². The molecule has 2 unspecified atom stereocenters. The molecule has 0 radical (unpaired) electrons. The minimum absolute atomic E-state index is 0.0460. The molecule has 0 bridgehead atoms. The van der Waals surface area contributed by atoms with E-state index in [1.807, 2.05) is 0 Å². The summed E-state index contributed by atoms with van der Waals surface area (Å²) >= 11 is 0. The molecule has 0 aromatic carbocycles. The number of nitrogens with one attached hydrogen (secondary N) is 1. The topological polar surface area (TPSA) is 15.3 Å². The molecule has 1 aliphatic rings. The van der Waals surface area contributed by atoms with Crippen molar-refractivity contribution in [3.05, 3.63) is 0 Å². The molecular weight excluding hydrogens is 253 g/mol. The maximum absolute atomic E-state index is 12.7. The molecule has 0 saturated heterocycles. The zero-order valence-electron chi connectivity index (χ0n) is 12.3. The maximum Gasteiger partial charge on any atom is 0.391 e. The lowest BCUT2D eigenvalue weighted by atomic mass is 9.85. The summed E-state index contributed by atoms with van der Waals surface area (Å²) in [6.07, 6.45) is -0.901. The van der Waals surface area contributed by atoms with E-state index in [0.717, 1.165) is 25.9 Å². The van der Waals surface area contributed by atoms with Crippen LogP contribution in [0.1, 0.15) is 46.0 Å². The highest BCUT2D eigenvalue weighted by Crippen LogP contribution is 2.37. The van der Waals surface area contributed by atoms with Gasteiger partial charge in [0, 0.05) is 12.1 Å². The van der Waals surface area contributed by atoms with E-state index in [1.165, 1.54) is 0 Å². The van der Waals surface area contributed by atoms with Crippen LogP contribution in [-0.2, 0) is 0 Å². The summed E-state index contributed by atoms with van der Waals surface area (Å²) in [6, 6.07) is 0.564. The summed E-state index contributed by atoms with van der Waals surface area (Å²) in [5.41, 5.74) is 0. The Balaban J connectivity index is 2.19. The number of nitrogens with zero attached hydrogens (tertiary/aromatic N) is 1. The zero-order valence-corrected chi connectivity index (χ0v) is 12.3. The summed E-state index contributed by atoms with van der Waals surface area (Å²) in [4.78, 5) is 2.25. The molecule has 2 atom stereocenters. The Morgan fingerprint density at radius 1 is 1.26 bits per heavy atom. The van der Waals surface area contributed by atoms with Crippen molar-refractivity contribution in [3.8, 4) is 0 Å². The maximum atomic E-state index is 12.7. The van der Waals surface area contributed by atoms with Crippen LogP contribution in [0.5, 0.6) is 0 Å². The van der Waals surface area contributed by atoms with Gasteiger partial charge in [0.1, 0.15) is 0 Å². The average molecular weight is 280 g/mol. The third-order valence-electron chi connectivity index (χ3n) is 4.14. The monoisotopic (exact) mass is 280 g/mol. The lowest BCUT2D eigenvalue weighted by Crippen LogP contribution is -2.40. The van der Waals surface area contributed by atoms with Crippen LogP contribution < -0.4 is 5.32 Å². The highest BCUT2D eigenvalue weighted by Gasteiger charge is 2.41. The van der Waals surface area contributed by atoms with Gasteiger partial charge in [0.2, 0.25) is 0 Å². The lowest BCUT2D eigenvalue weighted by Gasteiger charge is -2.31. The predicted octanol–water partition coefficient (Wildman–Crippen LogP) is 3.43. The fourth-order valence-corrected chi connectivity index (χ4v) is 2.57. The molecule has 5 heteroatoms. The predicted molar refractivity (Wildman–Crippen MR) is 72.2 cm³/mol. The molecule has 1 rings (SSSR count). The first-order valence-corrected chi connectivity index (χ1v) is 7.31. The summed E-state index contributed by atoms with van der Waals surface area (Å²) in [5, 5.41) is 3.29. The standard InChI is InChI=1S/C14H27F3N2/c1-11(2)19(3)9-5-8-18-13-7-4-6-12(10-13)14(15,16)17/h11-13,18H,4-10H2,1-3H3. The van der Waals surface area contributed by atoms with Crippen LogP contribution in [-0.4, -0.2) is 43.3 Å². The molecule has 1 fully saturated rings. The molecular formula is C14H27F3N2. The number of alkyl halides is 3. The number of rotatable bonds is 6. The fourth-order valence-electron chi connectivity index (χ4n) is 2.57. The molecule has 0 aromatic rings. The fraction of sp³-hybridized carbons (Fsp3) is 1.00. The van der Waals surface area contributed by atoms with Crippen LogP contribution in [0.4, 0.5) is 13.2 Å². The zero-order chi connectivity index (χ0) is 14.5. The molecule has 19 heavy (non-hydrogen) atoms. The van der Waals surface area contributed by atoms with E-state index in [0.29, 0.717) is 18.9 Å². The van der Waals surface area contributed by atoms with E-state index in [4.69, 9.17) is 0 Å². The van der Waals surface area contributed by atoms with Gasteiger partial charge in [-0.05, 0) is 59.7 Å². The van der Waals surface area contributed by atoms with Gasteiger partial charge < -0.3 is 10.2 Å². The molecule has 2 nitrogen and oxygen atoms in total. The number of hydrogen-bond acceptors (Lipinski definition) is 2. The first-order valence-electron chi connectivity index (χ1n) is 7.31. The van der Waals surface area contributed by atoms with Gasteiger partial charge in [0.05, 0.1) is 5.92 Å². The van der Waals surface area contributed by atoms with E-state index >= 15 is 0 Å². The van der Waals surface area contributed by atoms with E-state index in [2.05, 4.69) is 31.1 Å². The van der Waals surface area contributed by atoms with Crippen molar-refractivity contribution in [3.63, 3.8) is 0 Å². The van der Waals surface area contributed by atoms with Crippen LogP contribution in [0.15, 0.2) is 0 Å². The Morgan fingerprint density at radius 2 is 1.95 bits per heavy atom. The second-order valence-corrected chi connectivity index (χ2v) is 5.98. The van der Waals surface area contributed by atoms with Gasteiger partial charge in [0.25, 0.3) is 0 Å². The number of halogens is 3. The molecule has 0 heterocycles. The summed E-state index contributed by atoms with van der Waals surface area (Å²) in [5.74, 6) is -1.10. The van der Waals surface area contributed by atoms with E-state index < -0.39 is 12.1 Å². The van der Waals surface area contributed by atoms with Crippen LogP contribution in [0.25, 0.3) is 0 Å². The van der Waals surface area contributed by atoms with E-state index in [1.54, 1.807) is 0 Å². The van der Waals surface area contributed by atoms with Crippen molar-refractivity contribution in [1.29, 1.82) is 0 Å². The minimum atomic E-state index is -4.02. The van der Waals surface area contributed by atoms with Crippen molar-refractivity contribution >= 4 is 0 Å². The largest absolute Gasteiger partial charge is 0.391 e. The number of hydrogen-bond donors (Lipinski definition) is 1. The van der Waals surface area contributed by atoms with Crippen molar-refractivity contribution in [2.45, 2.75) is 64.2 Å². The van der Waals surface area contributed by atoms with Crippen molar-refractivity contribution in [2.75, 3.05) is 20.1 Å². The van der Waals surface area contributed by atoms with Crippen molar-refractivity contribution in [2.24, 2.45) is 5.92 Å². The Bertz CT molecular complexity index is 254.